The third-order valence-corrected chi connectivity index (χ3v) is 6.86. The largest absolute Gasteiger partial charge is 0.480 e. The lowest BCUT2D eigenvalue weighted by Gasteiger charge is -2.28. The minimum Gasteiger partial charge on any atom is -0.480 e. The van der Waals surface area contributed by atoms with E-state index in [2.05, 4.69) is 31.2 Å². The zero-order valence-electron chi connectivity index (χ0n) is 18.9. The first kappa shape index (κ1) is 22.2. The molecule has 0 saturated carbocycles. The molecule has 1 aromatic heterocycles. The summed E-state index contributed by atoms with van der Waals surface area (Å²) in [6.07, 6.45) is 1.61. The second kappa shape index (κ2) is 8.99. The fraction of sp³-hybridized carbons (Fsp3) is 0.214. The Morgan fingerprint density at radius 3 is 2.29 bits per heavy atom. The number of nitrogens with zero attached hydrogens (tertiary/aromatic N) is 2. The second-order valence-corrected chi connectivity index (χ2v) is 9.11. The van der Waals surface area contributed by atoms with Gasteiger partial charge < -0.3 is 14.6 Å². The van der Waals surface area contributed by atoms with Crippen LogP contribution >= 0.6 is 11.6 Å². The molecule has 1 aliphatic rings. The van der Waals surface area contributed by atoms with Crippen molar-refractivity contribution in [2.45, 2.75) is 32.9 Å². The summed E-state index contributed by atoms with van der Waals surface area (Å²) < 4.78 is 1.84. The Balaban J connectivity index is 1.41. The number of hydrogen-bond donors (Lipinski definition) is 1. The molecule has 0 fully saturated rings. The van der Waals surface area contributed by atoms with Crippen LogP contribution in [-0.4, -0.2) is 33.0 Å². The van der Waals surface area contributed by atoms with Gasteiger partial charge in [0.15, 0.2) is 0 Å². The number of fused-ring (bicyclic) bond motifs is 3. The van der Waals surface area contributed by atoms with Crippen LogP contribution in [0.3, 0.4) is 0 Å². The SMILES string of the molecule is CCc1ccc(-c2ccc(C(=O)N3CCc4c(c5cc(Cl)ccc5n4CC(=O)O)C3)cc2)cc1. The fourth-order valence-electron chi connectivity index (χ4n) is 4.83. The van der Waals surface area contributed by atoms with Crippen LogP contribution in [-0.2, 0) is 30.7 Å². The summed E-state index contributed by atoms with van der Waals surface area (Å²) in [5.74, 6) is -0.919. The number of benzene rings is 3. The van der Waals surface area contributed by atoms with Crippen LogP contribution in [0.1, 0.15) is 34.1 Å². The van der Waals surface area contributed by atoms with Gasteiger partial charge in [-0.05, 0) is 53.4 Å². The van der Waals surface area contributed by atoms with Gasteiger partial charge in [0.1, 0.15) is 6.54 Å². The molecule has 0 atom stereocenters. The van der Waals surface area contributed by atoms with Crippen LogP contribution < -0.4 is 0 Å². The molecule has 6 heteroatoms. The minimum atomic E-state index is -0.891. The third-order valence-electron chi connectivity index (χ3n) is 6.62. The van der Waals surface area contributed by atoms with Gasteiger partial charge in [-0.2, -0.15) is 0 Å². The van der Waals surface area contributed by atoms with E-state index in [-0.39, 0.29) is 12.5 Å². The van der Waals surface area contributed by atoms with E-state index < -0.39 is 5.97 Å². The Labute approximate surface area is 203 Å². The number of aryl methyl sites for hydroxylation is 1. The third kappa shape index (κ3) is 4.08. The van der Waals surface area contributed by atoms with Gasteiger partial charge >= 0.3 is 5.97 Å². The highest BCUT2D eigenvalue weighted by Crippen LogP contribution is 2.33. The maximum absolute atomic E-state index is 13.3. The molecule has 1 aliphatic heterocycles. The van der Waals surface area contributed by atoms with Gasteiger partial charge in [0.2, 0.25) is 0 Å². The molecule has 0 bridgehead atoms. The van der Waals surface area contributed by atoms with E-state index in [1.807, 2.05) is 45.9 Å². The van der Waals surface area contributed by atoms with E-state index in [4.69, 9.17) is 11.6 Å². The smallest absolute Gasteiger partial charge is 0.323 e. The molecular weight excluding hydrogens is 448 g/mol. The van der Waals surface area contributed by atoms with Crippen molar-refractivity contribution in [1.29, 1.82) is 0 Å². The van der Waals surface area contributed by atoms with Crippen LogP contribution in [0.15, 0.2) is 66.7 Å². The Morgan fingerprint density at radius 2 is 1.65 bits per heavy atom. The molecule has 0 spiro atoms. The molecule has 1 amide bonds. The van der Waals surface area contributed by atoms with E-state index >= 15 is 0 Å². The number of aliphatic carboxylic acids is 1. The molecule has 0 radical (unpaired) electrons. The van der Waals surface area contributed by atoms with Crippen molar-refractivity contribution in [2.75, 3.05) is 6.54 Å². The van der Waals surface area contributed by atoms with E-state index in [9.17, 15) is 14.7 Å². The standard InChI is InChI=1S/C28H25ClN2O3/c1-2-18-3-5-19(6-4-18)20-7-9-21(10-8-20)28(34)30-14-13-26-24(16-30)23-15-22(29)11-12-25(23)31(26)17-27(32)33/h3-12,15H,2,13-14,16-17H2,1H3,(H,32,33). The van der Waals surface area contributed by atoms with Crippen molar-refractivity contribution < 1.29 is 14.7 Å². The van der Waals surface area contributed by atoms with E-state index in [1.54, 1.807) is 6.07 Å². The summed E-state index contributed by atoms with van der Waals surface area (Å²) in [5.41, 5.74) is 6.93. The van der Waals surface area contributed by atoms with Crippen molar-refractivity contribution in [2.24, 2.45) is 0 Å². The molecule has 2 heterocycles. The summed E-state index contributed by atoms with van der Waals surface area (Å²) in [7, 11) is 0. The molecule has 3 aromatic carbocycles. The average molecular weight is 473 g/mol. The number of aromatic nitrogens is 1. The summed E-state index contributed by atoms with van der Waals surface area (Å²) in [6, 6.07) is 21.7. The highest BCUT2D eigenvalue weighted by molar-refractivity contribution is 6.31. The van der Waals surface area contributed by atoms with Gasteiger partial charge in [-0.25, -0.2) is 0 Å². The molecule has 4 aromatic rings. The topological polar surface area (TPSA) is 62.5 Å². The van der Waals surface area contributed by atoms with E-state index in [0.717, 1.165) is 39.7 Å². The fourth-order valence-corrected chi connectivity index (χ4v) is 5.00. The predicted octanol–water partition coefficient (Wildman–Crippen LogP) is 5.81. The average Bonchev–Trinajstić information content (AvgIpc) is 3.15. The van der Waals surface area contributed by atoms with Crippen molar-refractivity contribution in [3.63, 3.8) is 0 Å². The van der Waals surface area contributed by atoms with Gasteiger partial charge in [0.25, 0.3) is 5.91 Å². The van der Waals surface area contributed by atoms with Crippen molar-refractivity contribution in [3.8, 4) is 11.1 Å². The summed E-state index contributed by atoms with van der Waals surface area (Å²) in [6.45, 7) is 2.99. The second-order valence-electron chi connectivity index (χ2n) is 8.67. The van der Waals surface area contributed by atoms with Crippen LogP contribution in [0.25, 0.3) is 22.0 Å². The molecule has 0 saturated heterocycles. The first-order valence-electron chi connectivity index (χ1n) is 11.4. The van der Waals surface area contributed by atoms with Crippen molar-refractivity contribution >= 4 is 34.4 Å². The van der Waals surface area contributed by atoms with Gasteiger partial charge in [-0.15, -0.1) is 0 Å². The molecule has 5 rings (SSSR count). The normalized spacial score (nSPS) is 13.2. The van der Waals surface area contributed by atoms with Gasteiger partial charge in [0, 0.05) is 52.3 Å². The number of carboxylic acids is 1. The Morgan fingerprint density at radius 1 is 0.971 bits per heavy atom. The van der Waals surface area contributed by atoms with Gasteiger partial charge in [-0.1, -0.05) is 54.9 Å². The molecule has 5 nitrogen and oxygen atoms in total. The minimum absolute atomic E-state index is 0.0281. The van der Waals surface area contributed by atoms with Crippen LogP contribution in [0, 0.1) is 0 Å². The van der Waals surface area contributed by atoms with E-state index in [0.29, 0.717) is 30.1 Å². The number of halogens is 1. The van der Waals surface area contributed by atoms with E-state index in [1.165, 1.54) is 5.56 Å². The van der Waals surface area contributed by atoms with Gasteiger partial charge in [0.05, 0.1) is 0 Å². The highest BCUT2D eigenvalue weighted by Gasteiger charge is 2.28. The first-order valence-corrected chi connectivity index (χ1v) is 11.8. The predicted molar refractivity (Wildman–Crippen MR) is 134 cm³/mol. The molecule has 172 valence electrons. The first-order chi connectivity index (χ1) is 16.4. The number of amides is 1. The number of carbonyl (C=O) groups is 2. The highest BCUT2D eigenvalue weighted by atomic mass is 35.5. The maximum atomic E-state index is 13.3. The Kier molecular flexibility index (Phi) is 5.88. The van der Waals surface area contributed by atoms with Gasteiger partial charge in [-0.3, -0.25) is 9.59 Å². The Hall–Kier alpha value is -3.57. The van der Waals surface area contributed by atoms with Crippen LogP contribution in [0.5, 0.6) is 0 Å². The summed E-state index contributed by atoms with van der Waals surface area (Å²) >= 11 is 6.25. The number of rotatable bonds is 5. The van der Waals surface area contributed by atoms with Crippen molar-refractivity contribution in [3.05, 3.63) is 94.1 Å². The molecular formula is C28H25ClN2O3. The molecule has 34 heavy (non-hydrogen) atoms. The van der Waals surface area contributed by atoms with Crippen LogP contribution in [0.4, 0.5) is 0 Å². The maximum Gasteiger partial charge on any atom is 0.323 e. The lowest BCUT2D eigenvalue weighted by Crippen LogP contribution is -2.36. The lowest BCUT2D eigenvalue weighted by molar-refractivity contribution is -0.137. The number of carboxylic acid groups (broad SMARTS) is 1. The zero-order valence-corrected chi connectivity index (χ0v) is 19.7. The summed E-state index contributed by atoms with van der Waals surface area (Å²) in [5, 5.41) is 10.9. The zero-order chi connectivity index (χ0) is 23.8. The quantitative estimate of drug-likeness (QED) is 0.399. The molecule has 0 aliphatic carbocycles. The lowest BCUT2D eigenvalue weighted by atomic mass is 10.0. The number of carbonyl (C=O) groups excluding carboxylic acids is 1. The summed E-state index contributed by atoms with van der Waals surface area (Å²) in [4.78, 5) is 26.6. The Bertz CT molecular complexity index is 1390. The number of hydrogen-bond acceptors (Lipinski definition) is 2. The molecule has 1 N–H and O–H groups in total. The monoisotopic (exact) mass is 472 g/mol. The van der Waals surface area contributed by atoms with Crippen molar-refractivity contribution in [1.82, 2.24) is 9.47 Å². The molecule has 0 unspecified atom stereocenters. The van der Waals surface area contributed by atoms with Crippen LogP contribution in [0.2, 0.25) is 5.02 Å².